The summed E-state index contributed by atoms with van der Waals surface area (Å²) in [5, 5.41) is 8.45. The van der Waals surface area contributed by atoms with E-state index in [0.29, 0.717) is 16.6 Å². The lowest BCUT2D eigenvalue weighted by Gasteiger charge is -2.40. The van der Waals surface area contributed by atoms with E-state index in [-0.39, 0.29) is 34.7 Å². The van der Waals surface area contributed by atoms with Crippen LogP contribution in [-0.4, -0.2) is 49.1 Å². The number of likely N-dealkylation sites (tertiary alicyclic amines) is 1. The van der Waals surface area contributed by atoms with Gasteiger partial charge in [-0.3, -0.25) is 4.79 Å². The van der Waals surface area contributed by atoms with Crippen LogP contribution in [0.2, 0.25) is 10.0 Å². The lowest BCUT2D eigenvalue weighted by atomic mass is 9.63. The number of benzene rings is 2. The third kappa shape index (κ3) is 6.05. The summed E-state index contributed by atoms with van der Waals surface area (Å²) in [6.07, 6.45) is 3.44. The molecule has 0 aromatic heterocycles. The molecule has 4 rings (SSSR count). The van der Waals surface area contributed by atoms with Crippen molar-refractivity contribution in [2.75, 3.05) is 26.2 Å². The highest BCUT2D eigenvalue weighted by Gasteiger charge is 2.56. The van der Waals surface area contributed by atoms with Gasteiger partial charge >= 0.3 is 0 Å². The Morgan fingerprint density at radius 3 is 2.40 bits per heavy atom. The molecule has 6 heteroatoms. The van der Waals surface area contributed by atoms with Crippen LogP contribution in [0.1, 0.15) is 64.0 Å². The van der Waals surface area contributed by atoms with Crippen LogP contribution in [0.5, 0.6) is 0 Å². The number of hydrogen-bond acceptors (Lipinski definition) is 3. The van der Waals surface area contributed by atoms with Crippen molar-refractivity contribution in [1.29, 1.82) is 0 Å². The second-order valence-electron chi connectivity index (χ2n) is 11.6. The van der Waals surface area contributed by atoms with E-state index < -0.39 is 0 Å². The van der Waals surface area contributed by atoms with Gasteiger partial charge in [-0.05, 0) is 73.2 Å². The molecule has 2 unspecified atom stereocenters. The van der Waals surface area contributed by atoms with E-state index in [1.165, 1.54) is 18.4 Å². The molecular formula is C29H39Cl2N3O. The standard InChI is InChI=1S/C29H39Cl2N3O/c1-28(2,3)19-24-29(4,21-10-12-22(30)13-11-21)25(20-8-7-9-23(31)18-20)26(33-24)27(35)32-14-17-34-15-5-6-16-34/h7-13,18,24-26,33H,5-6,14-17,19H2,1-4H3,(H,32,35)/t24?,25-,26+,29?/m0/s1. The van der Waals surface area contributed by atoms with Gasteiger partial charge in [-0.25, -0.2) is 0 Å². The van der Waals surface area contributed by atoms with E-state index in [9.17, 15) is 4.79 Å². The molecule has 2 aromatic rings. The summed E-state index contributed by atoms with van der Waals surface area (Å²) in [6.45, 7) is 12.9. The van der Waals surface area contributed by atoms with E-state index in [0.717, 1.165) is 31.6 Å². The number of carbonyl (C=O) groups excluding carboxylic acids is 1. The van der Waals surface area contributed by atoms with Crippen LogP contribution < -0.4 is 10.6 Å². The van der Waals surface area contributed by atoms with Crippen LogP contribution in [-0.2, 0) is 10.2 Å². The second-order valence-corrected chi connectivity index (χ2v) is 12.5. The minimum atomic E-state index is -0.361. The molecule has 1 amide bonds. The molecule has 0 saturated carbocycles. The van der Waals surface area contributed by atoms with Gasteiger partial charge in [-0.2, -0.15) is 0 Å². The zero-order valence-electron chi connectivity index (χ0n) is 21.4. The molecule has 0 radical (unpaired) electrons. The molecule has 2 aliphatic heterocycles. The number of amides is 1. The molecule has 2 aromatic carbocycles. The molecule has 4 atom stereocenters. The van der Waals surface area contributed by atoms with Gasteiger partial charge in [-0.1, -0.05) is 75.2 Å². The van der Waals surface area contributed by atoms with Crippen molar-refractivity contribution >= 4 is 29.1 Å². The first-order valence-corrected chi connectivity index (χ1v) is 13.6. The number of nitrogens with zero attached hydrogens (tertiary/aromatic N) is 1. The van der Waals surface area contributed by atoms with E-state index in [1.807, 2.05) is 30.3 Å². The molecule has 4 nitrogen and oxygen atoms in total. The van der Waals surface area contributed by atoms with Gasteiger partial charge in [0.15, 0.2) is 0 Å². The van der Waals surface area contributed by atoms with E-state index >= 15 is 0 Å². The predicted molar refractivity (Wildman–Crippen MR) is 146 cm³/mol. The minimum Gasteiger partial charge on any atom is -0.353 e. The fraction of sp³-hybridized carbons (Fsp3) is 0.552. The zero-order valence-corrected chi connectivity index (χ0v) is 22.9. The quantitative estimate of drug-likeness (QED) is 0.473. The number of carbonyl (C=O) groups is 1. The molecule has 0 aliphatic carbocycles. The lowest BCUT2D eigenvalue weighted by Crippen LogP contribution is -2.47. The van der Waals surface area contributed by atoms with E-state index in [1.54, 1.807) is 0 Å². The number of nitrogens with one attached hydrogen (secondary N) is 2. The Morgan fingerprint density at radius 2 is 1.77 bits per heavy atom. The van der Waals surface area contributed by atoms with Crippen LogP contribution in [0.15, 0.2) is 48.5 Å². The molecule has 2 fully saturated rings. The highest BCUT2D eigenvalue weighted by Crippen LogP contribution is 2.51. The van der Waals surface area contributed by atoms with Gasteiger partial charge in [0.2, 0.25) is 5.91 Å². The highest BCUT2D eigenvalue weighted by molar-refractivity contribution is 6.30. The van der Waals surface area contributed by atoms with Crippen LogP contribution in [0.25, 0.3) is 0 Å². The van der Waals surface area contributed by atoms with Gasteiger partial charge in [0.05, 0.1) is 6.04 Å². The SMILES string of the molecule is CC(C)(C)CC1N[C@@H](C(=O)NCCN2CCCC2)[C@H](c2cccc(Cl)c2)C1(C)c1ccc(Cl)cc1. The zero-order chi connectivity index (χ0) is 25.2. The molecule has 2 N–H and O–H groups in total. The Bertz CT molecular complexity index is 1010. The maximum Gasteiger partial charge on any atom is 0.237 e. The minimum absolute atomic E-state index is 0.0609. The topological polar surface area (TPSA) is 44.4 Å². The number of hydrogen-bond donors (Lipinski definition) is 2. The van der Waals surface area contributed by atoms with Crippen molar-refractivity contribution in [2.45, 2.75) is 70.4 Å². The molecule has 2 saturated heterocycles. The van der Waals surface area contributed by atoms with Crippen LogP contribution in [0, 0.1) is 5.41 Å². The Labute approximate surface area is 220 Å². The molecule has 2 aliphatic rings. The third-order valence-corrected chi connectivity index (χ3v) is 8.27. The van der Waals surface area contributed by atoms with Crippen molar-refractivity contribution in [2.24, 2.45) is 5.41 Å². The van der Waals surface area contributed by atoms with Gasteiger partial charge in [0, 0.05) is 40.5 Å². The number of rotatable bonds is 7. The smallest absolute Gasteiger partial charge is 0.237 e. The summed E-state index contributed by atoms with van der Waals surface area (Å²) in [4.78, 5) is 16.2. The Kier molecular flexibility index (Phi) is 8.17. The van der Waals surface area contributed by atoms with Crippen LogP contribution in [0.4, 0.5) is 0 Å². The first-order valence-electron chi connectivity index (χ1n) is 12.9. The van der Waals surface area contributed by atoms with Crippen molar-refractivity contribution in [3.05, 3.63) is 69.7 Å². The molecule has 35 heavy (non-hydrogen) atoms. The summed E-state index contributed by atoms with van der Waals surface area (Å²) < 4.78 is 0. The highest BCUT2D eigenvalue weighted by atomic mass is 35.5. The van der Waals surface area contributed by atoms with Gasteiger partial charge in [-0.15, -0.1) is 0 Å². The van der Waals surface area contributed by atoms with Crippen molar-refractivity contribution < 1.29 is 4.79 Å². The molecular weight excluding hydrogens is 477 g/mol. The summed E-state index contributed by atoms with van der Waals surface area (Å²) in [5.74, 6) is -0.0210. The van der Waals surface area contributed by atoms with E-state index in [4.69, 9.17) is 23.2 Å². The molecule has 190 valence electrons. The fourth-order valence-corrected chi connectivity index (χ4v) is 6.37. The fourth-order valence-electron chi connectivity index (χ4n) is 6.04. The van der Waals surface area contributed by atoms with Gasteiger partial charge in [0.25, 0.3) is 0 Å². The van der Waals surface area contributed by atoms with Crippen molar-refractivity contribution in [1.82, 2.24) is 15.5 Å². The van der Waals surface area contributed by atoms with Gasteiger partial charge in [0.1, 0.15) is 0 Å². The summed E-state index contributed by atoms with van der Waals surface area (Å²) >= 11 is 12.7. The summed E-state index contributed by atoms with van der Waals surface area (Å²) in [7, 11) is 0. The van der Waals surface area contributed by atoms with Gasteiger partial charge < -0.3 is 15.5 Å². The Hall–Kier alpha value is -1.59. The van der Waals surface area contributed by atoms with E-state index in [2.05, 4.69) is 61.4 Å². The average molecular weight is 517 g/mol. The maximum atomic E-state index is 13.7. The molecule has 2 heterocycles. The predicted octanol–water partition coefficient (Wildman–Crippen LogP) is 6.02. The Balaban J connectivity index is 1.71. The first-order chi connectivity index (χ1) is 16.6. The van der Waals surface area contributed by atoms with Crippen LogP contribution in [0.3, 0.4) is 0 Å². The Morgan fingerprint density at radius 1 is 1.09 bits per heavy atom. The lowest BCUT2D eigenvalue weighted by molar-refractivity contribution is -0.123. The molecule has 0 bridgehead atoms. The normalized spacial score (nSPS) is 27.3. The first kappa shape index (κ1) is 26.5. The van der Waals surface area contributed by atoms with Crippen molar-refractivity contribution in [3.63, 3.8) is 0 Å². The second kappa shape index (κ2) is 10.8. The average Bonchev–Trinajstić information content (AvgIpc) is 3.40. The largest absolute Gasteiger partial charge is 0.353 e. The number of halogens is 2. The maximum absolute atomic E-state index is 13.7. The molecule has 0 spiro atoms. The van der Waals surface area contributed by atoms with Crippen LogP contribution >= 0.6 is 23.2 Å². The summed E-state index contributed by atoms with van der Waals surface area (Å²) in [6, 6.07) is 15.9. The van der Waals surface area contributed by atoms with Crippen molar-refractivity contribution in [3.8, 4) is 0 Å². The third-order valence-electron chi connectivity index (χ3n) is 7.78. The monoisotopic (exact) mass is 515 g/mol. The summed E-state index contributed by atoms with van der Waals surface area (Å²) in [5.41, 5.74) is 2.02.